The summed E-state index contributed by atoms with van der Waals surface area (Å²) in [7, 11) is 0. The lowest BCUT2D eigenvalue weighted by atomic mass is 9.93. The first-order valence-electron chi connectivity index (χ1n) is 8.89. The number of allylic oxidation sites excluding steroid dienone is 1. The third kappa shape index (κ3) is 12.2. The Morgan fingerprint density at radius 1 is 1.14 bits per heavy atom. The second-order valence-electron chi connectivity index (χ2n) is 6.63. The molecule has 0 saturated heterocycles. The van der Waals surface area contributed by atoms with E-state index in [0.29, 0.717) is 0 Å². The molecule has 0 heterocycles. The second kappa shape index (κ2) is 13.1. The van der Waals surface area contributed by atoms with Crippen LogP contribution in [0.1, 0.15) is 79.1 Å². The van der Waals surface area contributed by atoms with E-state index in [0.717, 1.165) is 11.3 Å². The maximum atomic E-state index is 10.3. The third-order valence-corrected chi connectivity index (χ3v) is 5.31. The van der Waals surface area contributed by atoms with Crippen molar-refractivity contribution in [3.63, 3.8) is 0 Å². The maximum Gasteiger partial charge on any atom is 0.126 e. The van der Waals surface area contributed by atoms with Gasteiger partial charge in [0.1, 0.15) is 5.60 Å². The molecular formula is C20H36OS. The molecule has 0 aromatic rings. The van der Waals surface area contributed by atoms with Crippen LogP contribution in [0.5, 0.6) is 0 Å². The summed E-state index contributed by atoms with van der Waals surface area (Å²) in [6.07, 6.45) is 10.9. The Balaban J connectivity index is 3.62. The highest BCUT2D eigenvalue weighted by Gasteiger charge is 2.25. The topological polar surface area (TPSA) is 20.2 Å². The Labute approximate surface area is 143 Å². The van der Waals surface area contributed by atoms with Crippen LogP contribution in [-0.4, -0.2) is 22.2 Å². The lowest BCUT2D eigenvalue weighted by molar-refractivity contribution is 0.0747. The van der Waals surface area contributed by atoms with Gasteiger partial charge < -0.3 is 5.11 Å². The fraction of sp³-hybridized carbons (Fsp3) is 0.800. The summed E-state index contributed by atoms with van der Waals surface area (Å²) in [6, 6.07) is 0. The predicted molar refractivity (Wildman–Crippen MR) is 102 cm³/mol. The van der Waals surface area contributed by atoms with Gasteiger partial charge in [0, 0.05) is 5.92 Å². The van der Waals surface area contributed by atoms with E-state index < -0.39 is 5.60 Å². The fourth-order valence-electron chi connectivity index (χ4n) is 2.12. The van der Waals surface area contributed by atoms with Crippen molar-refractivity contribution >= 4 is 11.8 Å². The minimum Gasteiger partial charge on any atom is -0.378 e. The standard InChI is InChI=1S/C20H36OS/c1-6-7-8-9-10-11-12-13-16-22-17-19(4)20(5,21)15-14-18(2)3/h19,21H,2,6-13,16-17H2,1,3-5H3. The van der Waals surface area contributed by atoms with Crippen LogP contribution >= 0.6 is 11.8 Å². The number of hydrogen-bond acceptors (Lipinski definition) is 2. The van der Waals surface area contributed by atoms with Gasteiger partial charge in [-0.1, -0.05) is 77.2 Å². The first-order chi connectivity index (χ1) is 10.4. The van der Waals surface area contributed by atoms with Gasteiger partial charge in [-0.2, -0.15) is 11.8 Å². The largest absolute Gasteiger partial charge is 0.378 e. The lowest BCUT2D eigenvalue weighted by Gasteiger charge is -2.24. The predicted octanol–water partition coefficient (Wildman–Crippen LogP) is 5.83. The van der Waals surface area contributed by atoms with Crippen molar-refractivity contribution in [1.82, 2.24) is 0 Å². The van der Waals surface area contributed by atoms with Gasteiger partial charge >= 0.3 is 0 Å². The quantitative estimate of drug-likeness (QED) is 0.360. The van der Waals surface area contributed by atoms with Gasteiger partial charge in [-0.25, -0.2) is 0 Å². The van der Waals surface area contributed by atoms with Gasteiger partial charge in [-0.05, 0) is 37.3 Å². The SMILES string of the molecule is C=C(C)C#CC(C)(O)C(C)CSCCCCCCCCCC. The third-order valence-electron chi connectivity index (χ3n) is 4.00. The van der Waals surface area contributed by atoms with Gasteiger partial charge in [0.25, 0.3) is 0 Å². The van der Waals surface area contributed by atoms with E-state index in [9.17, 15) is 5.11 Å². The van der Waals surface area contributed by atoms with Crippen molar-refractivity contribution in [2.24, 2.45) is 5.92 Å². The second-order valence-corrected chi connectivity index (χ2v) is 7.78. The molecule has 0 rings (SSSR count). The minimum absolute atomic E-state index is 0.179. The summed E-state index contributed by atoms with van der Waals surface area (Å²) in [4.78, 5) is 0. The molecule has 0 fully saturated rings. The summed E-state index contributed by atoms with van der Waals surface area (Å²) < 4.78 is 0. The van der Waals surface area contributed by atoms with Crippen LogP contribution in [0.4, 0.5) is 0 Å². The molecule has 22 heavy (non-hydrogen) atoms. The minimum atomic E-state index is -0.911. The molecule has 0 aliphatic carbocycles. The normalized spacial score (nSPS) is 14.8. The molecule has 0 amide bonds. The van der Waals surface area contributed by atoms with Crippen molar-refractivity contribution in [3.8, 4) is 11.8 Å². The fourth-order valence-corrected chi connectivity index (χ4v) is 3.37. The van der Waals surface area contributed by atoms with Crippen molar-refractivity contribution in [2.45, 2.75) is 84.7 Å². The highest BCUT2D eigenvalue weighted by Crippen LogP contribution is 2.22. The molecule has 1 nitrogen and oxygen atoms in total. The first-order valence-corrected chi connectivity index (χ1v) is 10.0. The van der Waals surface area contributed by atoms with Gasteiger partial charge in [0.15, 0.2) is 0 Å². The summed E-state index contributed by atoms with van der Waals surface area (Å²) in [5, 5.41) is 10.3. The van der Waals surface area contributed by atoms with E-state index in [1.807, 2.05) is 25.6 Å². The number of aliphatic hydroxyl groups is 1. The molecule has 0 radical (unpaired) electrons. The van der Waals surface area contributed by atoms with Crippen LogP contribution in [0.2, 0.25) is 0 Å². The number of thioether (sulfide) groups is 1. The molecule has 2 unspecified atom stereocenters. The van der Waals surface area contributed by atoms with Crippen LogP contribution < -0.4 is 0 Å². The van der Waals surface area contributed by atoms with E-state index in [1.54, 1.807) is 0 Å². The van der Waals surface area contributed by atoms with Crippen LogP contribution in [-0.2, 0) is 0 Å². The number of unbranched alkanes of at least 4 members (excludes halogenated alkanes) is 7. The van der Waals surface area contributed by atoms with Crippen LogP contribution in [0.25, 0.3) is 0 Å². The van der Waals surface area contributed by atoms with Crippen molar-refractivity contribution in [2.75, 3.05) is 11.5 Å². The van der Waals surface area contributed by atoms with Crippen molar-refractivity contribution < 1.29 is 5.11 Å². The summed E-state index contributed by atoms with van der Waals surface area (Å²) in [6.45, 7) is 11.8. The molecule has 128 valence electrons. The Morgan fingerprint density at radius 2 is 1.68 bits per heavy atom. The first kappa shape index (κ1) is 21.6. The van der Waals surface area contributed by atoms with Gasteiger partial charge in [-0.15, -0.1) is 0 Å². The Morgan fingerprint density at radius 3 is 2.23 bits per heavy atom. The van der Waals surface area contributed by atoms with Crippen LogP contribution in [0.3, 0.4) is 0 Å². The van der Waals surface area contributed by atoms with Crippen LogP contribution in [0, 0.1) is 17.8 Å². The zero-order valence-electron chi connectivity index (χ0n) is 15.2. The Bertz CT molecular complexity index is 348. The highest BCUT2D eigenvalue weighted by molar-refractivity contribution is 7.99. The zero-order chi connectivity index (χ0) is 16.8. The Kier molecular flexibility index (Phi) is 12.9. The molecule has 2 heteroatoms. The average molecular weight is 325 g/mol. The van der Waals surface area contributed by atoms with Gasteiger partial charge in [0.2, 0.25) is 0 Å². The molecule has 0 aliphatic heterocycles. The Hall–Kier alpha value is -0.390. The summed E-state index contributed by atoms with van der Waals surface area (Å²) in [5.41, 5.74) is -0.107. The highest BCUT2D eigenvalue weighted by atomic mass is 32.2. The van der Waals surface area contributed by atoms with Crippen molar-refractivity contribution in [3.05, 3.63) is 12.2 Å². The molecule has 1 N–H and O–H groups in total. The van der Waals surface area contributed by atoms with Gasteiger partial charge in [0.05, 0.1) is 0 Å². The molecule has 0 aromatic carbocycles. The molecule has 2 atom stereocenters. The summed E-state index contributed by atoms with van der Waals surface area (Å²) >= 11 is 1.94. The molecule has 0 bridgehead atoms. The number of hydrogen-bond donors (Lipinski definition) is 1. The number of rotatable bonds is 12. The van der Waals surface area contributed by atoms with Crippen molar-refractivity contribution in [1.29, 1.82) is 0 Å². The van der Waals surface area contributed by atoms with E-state index in [-0.39, 0.29) is 5.92 Å². The van der Waals surface area contributed by atoms with E-state index in [2.05, 4.69) is 32.3 Å². The smallest absolute Gasteiger partial charge is 0.126 e. The van der Waals surface area contributed by atoms with E-state index >= 15 is 0 Å². The lowest BCUT2D eigenvalue weighted by Crippen LogP contribution is -2.32. The average Bonchev–Trinajstić information content (AvgIpc) is 2.47. The molecule has 0 aromatic heterocycles. The molecule has 0 saturated carbocycles. The van der Waals surface area contributed by atoms with E-state index in [1.165, 1.54) is 57.1 Å². The van der Waals surface area contributed by atoms with Gasteiger partial charge in [-0.3, -0.25) is 0 Å². The summed E-state index contributed by atoms with van der Waals surface area (Å²) in [5.74, 6) is 8.18. The molecular weight excluding hydrogens is 288 g/mol. The molecule has 0 spiro atoms. The van der Waals surface area contributed by atoms with E-state index in [4.69, 9.17) is 0 Å². The zero-order valence-corrected chi connectivity index (χ0v) is 16.0. The monoisotopic (exact) mass is 324 g/mol. The maximum absolute atomic E-state index is 10.3. The molecule has 0 aliphatic rings. The van der Waals surface area contributed by atoms with Crippen LogP contribution in [0.15, 0.2) is 12.2 Å².